The fraction of sp³-hybridized carbons (Fsp3) is 0.143. The smallest absolute Gasteiger partial charge is 0.236 e. The molecule has 2 rings (SSSR count). The van der Waals surface area contributed by atoms with Gasteiger partial charge in [0, 0.05) is 6.20 Å². The summed E-state index contributed by atoms with van der Waals surface area (Å²) < 4.78 is 36.9. The van der Waals surface area contributed by atoms with Crippen LogP contribution in [-0.2, 0) is 6.18 Å². The Bertz CT molecular complexity index is 401. The predicted molar refractivity (Wildman–Crippen MR) is 42.4 cm³/mol. The lowest BCUT2D eigenvalue weighted by molar-refractivity contribution is -0.137. The van der Waals surface area contributed by atoms with Crippen LogP contribution in [0.25, 0.3) is 10.3 Å². The monoisotopic (exact) mass is 204 g/mol. The Morgan fingerprint density at radius 2 is 2.08 bits per heavy atom. The molecular weight excluding hydrogens is 201 g/mol. The third kappa shape index (κ3) is 1.49. The van der Waals surface area contributed by atoms with Crippen LogP contribution in [0.5, 0.6) is 0 Å². The number of alkyl halides is 3. The molecule has 0 fully saturated rings. The van der Waals surface area contributed by atoms with Gasteiger partial charge in [-0.3, -0.25) is 0 Å². The second kappa shape index (κ2) is 2.66. The van der Waals surface area contributed by atoms with Gasteiger partial charge in [-0.1, -0.05) is 0 Å². The highest BCUT2D eigenvalue weighted by molar-refractivity contribution is 7.18. The molecule has 2 aromatic rings. The first-order valence-electron chi connectivity index (χ1n) is 3.36. The lowest BCUT2D eigenvalue weighted by Gasteiger charge is -1.97. The number of pyridine rings is 1. The van der Waals surface area contributed by atoms with Gasteiger partial charge < -0.3 is 0 Å². The van der Waals surface area contributed by atoms with E-state index in [9.17, 15) is 13.2 Å². The average Bonchev–Trinajstić information content (AvgIpc) is 2.45. The Kier molecular flexibility index (Phi) is 1.73. The van der Waals surface area contributed by atoms with Crippen molar-refractivity contribution in [1.29, 1.82) is 0 Å². The highest BCUT2D eigenvalue weighted by Gasteiger charge is 2.34. The van der Waals surface area contributed by atoms with Crippen LogP contribution in [0.1, 0.15) is 5.01 Å². The van der Waals surface area contributed by atoms with Crippen molar-refractivity contribution >= 4 is 21.7 Å². The maximum atomic E-state index is 12.1. The van der Waals surface area contributed by atoms with Gasteiger partial charge in [0.15, 0.2) is 5.65 Å². The first kappa shape index (κ1) is 8.43. The largest absolute Gasteiger partial charge is 0.443 e. The first-order chi connectivity index (χ1) is 6.07. The molecular formula is C7H3F3N2S. The second-order valence-corrected chi connectivity index (χ2v) is 3.37. The number of aromatic nitrogens is 2. The lowest BCUT2D eigenvalue weighted by Crippen LogP contribution is -2.03. The Labute approximate surface area is 75.1 Å². The molecule has 0 aromatic carbocycles. The summed E-state index contributed by atoms with van der Waals surface area (Å²) in [5.74, 6) is 0. The molecule has 6 heteroatoms. The molecule has 0 saturated heterocycles. The molecule has 0 spiro atoms. The van der Waals surface area contributed by atoms with E-state index in [1.807, 2.05) is 0 Å². The SMILES string of the molecule is FC(F)(F)c1nc2ncccc2s1. The number of hydrogen-bond acceptors (Lipinski definition) is 3. The summed E-state index contributed by atoms with van der Waals surface area (Å²) in [7, 11) is 0. The molecule has 2 heterocycles. The van der Waals surface area contributed by atoms with E-state index in [2.05, 4.69) is 9.97 Å². The van der Waals surface area contributed by atoms with E-state index >= 15 is 0 Å². The Balaban J connectivity index is 2.63. The normalized spacial score (nSPS) is 12.2. The topological polar surface area (TPSA) is 25.8 Å². The first-order valence-corrected chi connectivity index (χ1v) is 4.18. The van der Waals surface area contributed by atoms with E-state index in [0.29, 0.717) is 16.0 Å². The standard InChI is InChI=1S/C7H3F3N2S/c8-7(9,10)6-12-5-4(13-6)2-1-3-11-5/h1-3H. The van der Waals surface area contributed by atoms with Crippen molar-refractivity contribution in [2.75, 3.05) is 0 Å². The Hall–Kier alpha value is -1.17. The van der Waals surface area contributed by atoms with Gasteiger partial charge in [0.2, 0.25) is 5.01 Å². The van der Waals surface area contributed by atoms with E-state index in [1.165, 1.54) is 6.20 Å². The fourth-order valence-corrected chi connectivity index (χ4v) is 1.68. The summed E-state index contributed by atoms with van der Waals surface area (Å²) in [6.45, 7) is 0. The van der Waals surface area contributed by atoms with Crippen LogP contribution in [0.15, 0.2) is 18.3 Å². The molecule has 0 bridgehead atoms. The second-order valence-electron chi connectivity index (χ2n) is 2.34. The van der Waals surface area contributed by atoms with Crippen molar-refractivity contribution < 1.29 is 13.2 Å². The van der Waals surface area contributed by atoms with Gasteiger partial charge in [0.25, 0.3) is 0 Å². The maximum Gasteiger partial charge on any atom is 0.443 e. The minimum atomic E-state index is -4.37. The highest BCUT2D eigenvalue weighted by atomic mass is 32.1. The van der Waals surface area contributed by atoms with Crippen LogP contribution >= 0.6 is 11.3 Å². The third-order valence-electron chi connectivity index (χ3n) is 1.41. The van der Waals surface area contributed by atoms with Crippen LogP contribution in [0, 0.1) is 0 Å². The number of nitrogens with zero attached hydrogens (tertiary/aromatic N) is 2. The number of thiazole rings is 1. The molecule has 13 heavy (non-hydrogen) atoms. The fourth-order valence-electron chi connectivity index (χ4n) is 0.890. The van der Waals surface area contributed by atoms with Crippen LogP contribution in [0.3, 0.4) is 0 Å². The van der Waals surface area contributed by atoms with Crippen molar-refractivity contribution in [2.45, 2.75) is 6.18 Å². The molecule has 0 N–H and O–H groups in total. The minimum absolute atomic E-state index is 0.153. The Morgan fingerprint density at radius 3 is 2.69 bits per heavy atom. The summed E-state index contributed by atoms with van der Waals surface area (Å²) in [5.41, 5.74) is 0.153. The maximum absolute atomic E-state index is 12.1. The van der Waals surface area contributed by atoms with Gasteiger partial charge >= 0.3 is 6.18 Å². The zero-order chi connectivity index (χ0) is 9.47. The van der Waals surface area contributed by atoms with E-state index < -0.39 is 11.2 Å². The molecule has 0 aliphatic carbocycles. The molecule has 0 radical (unpaired) electrons. The summed E-state index contributed by atoms with van der Waals surface area (Å²) >= 11 is 0.606. The molecule has 0 unspecified atom stereocenters. The van der Waals surface area contributed by atoms with Crippen molar-refractivity contribution in [2.24, 2.45) is 0 Å². The van der Waals surface area contributed by atoms with Gasteiger partial charge in [-0.25, -0.2) is 9.97 Å². The van der Waals surface area contributed by atoms with Gasteiger partial charge in [0.1, 0.15) is 0 Å². The van der Waals surface area contributed by atoms with Crippen LogP contribution < -0.4 is 0 Å². The van der Waals surface area contributed by atoms with Gasteiger partial charge in [-0.05, 0) is 12.1 Å². The summed E-state index contributed by atoms with van der Waals surface area (Å²) in [4.78, 5) is 7.08. The summed E-state index contributed by atoms with van der Waals surface area (Å²) in [5, 5.41) is -0.846. The summed E-state index contributed by atoms with van der Waals surface area (Å²) in [6.07, 6.45) is -2.95. The Morgan fingerprint density at radius 1 is 1.31 bits per heavy atom. The molecule has 0 atom stereocenters. The number of fused-ring (bicyclic) bond motifs is 1. The van der Waals surface area contributed by atoms with Crippen LogP contribution in [0.4, 0.5) is 13.2 Å². The summed E-state index contributed by atoms with van der Waals surface area (Å²) in [6, 6.07) is 3.15. The minimum Gasteiger partial charge on any atom is -0.236 e. The molecule has 0 aliphatic heterocycles. The van der Waals surface area contributed by atoms with Crippen molar-refractivity contribution in [1.82, 2.24) is 9.97 Å². The van der Waals surface area contributed by atoms with Gasteiger partial charge in [-0.2, -0.15) is 13.2 Å². The highest BCUT2D eigenvalue weighted by Crippen LogP contribution is 2.34. The zero-order valence-corrected chi connectivity index (χ0v) is 6.99. The number of hydrogen-bond donors (Lipinski definition) is 0. The zero-order valence-electron chi connectivity index (χ0n) is 6.17. The van der Waals surface area contributed by atoms with Gasteiger partial charge in [-0.15, -0.1) is 11.3 Å². The van der Waals surface area contributed by atoms with Crippen molar-refractivity contribution in [3.63, 3.8) is 0 Å². The van der Waals surface area contributed by atoms with Crippen molar-refractivity contribution in [3.8, 4) is 0 Å². The van der Waals surface area contributed by atoms with Crippen LogP contribution in [-0.4, -0.2) is 9.97 Å². The van der Waals surface area contributed by atoms with E-state index in [0.717, 1.165) is 0 Å². The molecule has 68 valence electrons. The molecule has 0 saturated carbocycles. The van der Waals surface area contributed by atoms with Gasteiger partial charge in [0.05, 0.1) is 4.70 Å². The van der Waals surface area contributed by atoms with Crippen LogP contribution in [0.2, 0.25) is 0 Å². The molecule has 2 aromatic heterocycles. The van der Waals surface area contributed by atoms with E-state index in [4.69, 9.17) is 0 Å². The average molecular weight is 204 g/mol. The van der Waals surface area contributed by atoms with E-state index in [1.54, 1.807) is 12.1 Å². The lowest BCUT2D eigenvalue weighted by atomic mass is 10.5. The molecule has 0 amide bonds. The molecule has 0 aliphatic rings. The quantitative estimate of drug-likeness (QED) is 0.659. The van der Waals surface area contributed by atoms with Crippen molar-refractivity contribution in [3.05, 3.63) is 23.3 Å². The third-order valence-corrected chi connectivity index (χ3v) is 2.46. The molecule has 2 nitrogen and oxygen atoms in total. The predicted octanol–water partition coefficient (Wildman–Crippen LogP) is 2.71. The number of halogens is 3. The van der Waals surface area contributed by atoms with E-state index in [-0.39, 0.29) is 5.65 Å². The number of rotatable bonds is 0.